The summed E-state index contributed by atoms with van der Waals surface area (Å²) in [5.41, 5.74) is 2.42. The second-order valence-electron chi connectivity index (χ2n) is 0.914. The van der Waals surface area contributed by atoms with E-state index in [0.29, 0.717) is 12.9 Å². The molecule has 0 radical (unpaired) electrons. The molecule has 0 atom stereocenters. The molecule has 2 nitrogen and oxygen atoms in total. The Hall–Kier alpha value is -0.410. The van der Waals surface area contributed by atoms with Gasteiger partial charge in [0.15, 0.2) is 0 Å². The summed E-state index contributed by atoms with van der Waals surface area (Å²) in [4.78, 5) is 4.38. The number of hydroxylamine groups is 1. The fourth-order valence-electron chi connectivity index (χ4n) is 0.176. The summed E-state index contributed by atoms with van der Waals surface area (Å²) in [6.45, 7) is 0.410. The third-order valence-corrected chi connectivity index (χ3v) is 0.435. The molecule has 0 amide bonds. The number of hydrogen-bond acceptors (Lipinski definition) is 2. The molecule has 42 valence electrons. The van der Waals surface area contributed by atoms with Gasteiger partial charge in [0.1, 0.15) is 0 Å². The first-order valence-electron chi connectivity index (χ1n) is 1.93. The van der Waals surface area contributed by atoms with Gasteiger partial charge < -0.3 is 4.84 Å². The highest BCUT2D eigenvalue weighted by Crippen LogP contribution is 1.67. The fourth-order valence-corrected chi connectivity index (χ4v) is 0.176. The number of rotatable bonds is 3. The predicted octanol–water partition coefficient (Wildman–Crippen LogP) is 0.621. The molecule has 0 bridgehead atoms. The fraction of sp³-hybridized carbons (Fsp3) is 0.500. The third kappa shape index (κ3) is 5.59. The Balaban J connectivity index is 2.69. The molecule has 0 aliphatic heterocycles. The highest BCUT2D eigenvalue weighted by Gasteiger charge is 1.69. The van der Waals surface area contributed by atoms with Gasteiger partial charge in [-0.25, -0.2) is 4.39 Å². The van der Waals surface area contributed by atoms with Crippen LogP contribution in [0, 0.1) is 0 Å². The molecule has 7 heavy (non-hydrogen) atoms. The smallest absolute Gasteiger partial charge is 0.0840 e. The van der Waals surface area contributed by atoms with Gasteiger partial charge in [-0.3, -0.25) is 0 Å². The van der Waals surface area contributed by atoms with E-state index in [1.807, 2.05) is 0 Å². The van der Waals surface area contributed by atoms with E-state index in [1.54, 1.807) is 0 Å². The summed E-state index contributed by atoms with van der Waals surface area (Å²) in [6.07, 6.45) is 1.77. The maximum atomic E-state index is 11.0. The van der Waals surface area contributed by atoms with Gasteiger partial charge in [0, 0.05) is 6.54 Å². The van der Waals surface area contributed by atoms with Crippen LogP contribution in [-0.4, -0.2) is 13.7 Å². The molecule has 3 heteroatoms. The average Bonchev–Trinajstić information content (AvgIpc) is 1.69. The van der Waals surface area contributed by atoms with E-state index in [-0.39, 0.29) is 0 Å². The van der Waals surface area contributed by atoms with E-state index in [1.165, 1.54) is 13.2 Å². The minimum atomic E-state index is 0.410. The van der Waals surface area contributed by atoms with Crippen molar-refractivity contribution in [1.29, 1.82) is 0 Å². The van der Waals surface area contributed by atoms with Gasteiger partial charge in [-0.15, -0.1) is 0 Å². The molecule has 0 saturated heterocycles. The highest BCUT2D eigenvalue weighted by molar-refractivity contribution is 4.72. The standard InChI is InChI=1S/C4H8FNO/c1-7-6-4-2-3-5/h2-3,6H,4H2,1H3/b3-2+. The first kappa shape index (κ1) is 6.59. The van der Waals surface area contributed by atoms with Crippen molar-refractivity contribution in [3.8, 4) is 0 Å². The molecule has 0 heterocycles. The SMILES string of the molecule is CONC/C=C/F. The summed E-state index contributed by atoms with van der Waals surface area (Å²) in [5, 5.41) is 0. The summed E-state index contributed by atoms with van der Waals surface area (Å²) in [7, 11) is 1.48. The predicted molar refractivity (Wildman–Crippen MR) is 25.3 cm³/mol. The molecule has 0 spiro atoms. The molecule has 0 rings (SSSR count). The van der Waals surface area contributed by atoms with E-state index < -0.39 is 0 Å². The number of hydrogen-bond donors (Lipinski definition) is 1. The van der Waals surface area contributed by atoms with Crippen molar-refractivity contribution in [2.45, 2.75) is 0 Å². The lowest BCUT2D eigenvalue weighted by molar-refractivity contribution is 0.101. The first-order valence-corrected chi connectivity index (χ1v) is 1.93. The second kappa shape index (κ2) is 5.59. The zero-order valence-corrected chi connectivity index (χ0v) is 4.15. The molecule has 1 N–H and O–H groups in total. The maximum Gasteiger partial charge on any atom is 0.0840 e. The van der Waals surface area contributed by atoms with Crippen molar-refractivity contribution in [3.63, 3.8) is 0 Å². The van der Waals surface area contributed by atoms with E-state index in [2.05, 4.69) is 10.3 Å². The Labute approximate surface area is 41.9 Å². The monoisotopic (exact) mass is 105 g/mol. The van der Waals surface area contributed by atoms with Crippen LogP contribution in [0.5, 0.6) is 0 Å². The Bertz CT molecular complexity index is 55.7. The van der Waals surface area contributed by atoms with Crippen molar-refractivity contribution in [3.05, 3.63) is 12.4 Å². The summed E-state index contributed by atoms with van der Waals surface area (Å²) in [6, 6.07) is 0. The molecule has 0 aromatic rings. The van der Waals surface area contributed by atoms with Crippen LogP contribution in [0.3, 0.4) is 0 Å². The molecule has 0 aliphatic carbocycles. The Morgan fingerprint density at radius 2 is 2.57 bits per heavy atom. The van der Waals surface area contributed by atoms with Crippen LogP contribution in [0.1, 0.15) is 0 Å². The quantitative estimate of drug-likeness (QED) is 0.419. The highest BCUT2D eigenvalue weighted by atomic mass is 19.1. The molecule has 0 unspecified atom stereocenters. The van der Waals surface area contributed by atoms with Gasteiger partial charge in [-0.05, 0) is 6.08 Å². The molecule has 0 saturated carbocycles. The lowest BCUT2D eigenvalue weighted by atomic mass is 10.7. The first-order chi connectivity index (χ1) is 3.41. The van der Waals surface area contributed by atoms with E-state index in [4.69, 9.17) is 0 Å². The minimum Gasteiger partial charge on any atom is -0.305 e. The molecular weight excluding hydrogens is 97.0 g/mol. The summed E-state index contributed by atoms with van der Waals surface area (Å²) >= 11 is 0. The van der Waals surface area contributed by atoms with Crippen molar-refractivity contribution >= 4 is 0 Å². The Morgan fingerprint density at radius 1 is 1.86 bits per heavy atom. The molecular formula is C4H8FNO. The normalized spacial score (nSPS) is 10.6. The van der Waals surface area contributed by atoms with Gasteiger partial charge in [-0.1, -0.05) is 0 Å². The van der Waals surface area contributed by atoms with Crippen LogP contribution in [0.4, 0.5) is 4.39 Å². The number of nitrogens with one attached hydrogen (secondary N) is 1. The molecule has 0 aromatic carbocycles. The zero-order chi connectivity index (χ0) is 5.54. The van der Waals surface area contributed by atoms with Crippen molar-refractivity contribution in [1.82, 2.24) is 5.48 Å². The van der Waals surface area contributed by atoms with Crippen molar-refractivity contribution in [2.24, 2.45) is 0 Å². The largest absolute Gasteiger partial charge is 0.305 e. The van der Waals surface area contributed by atoms with Gasteiger partial charge >= 0.3 is 0 Å². The third-order valence-electron chi connectivity index (χ3n) is 0.435. The van der Waals surface area contributed by atoms with E-state index in [0.717, 1.165) is 0 Å². The van der Waals surface area contributed by atoms with Gasteiger partial charge in [0.05, 0.1) is 13.4 Å². The maximum absolute atomic E-state index is 11.0. The van der Waals surface area contributed by atoms with Crippen molar-refractivity contribution < 1.29 is 9.23 Å². The Kier molecular flexibility index (Phi) is 5.26. The van der Waals surface area contributed by atoms with Gasteiger partial charge in [0.25, 0.3) is 0 Å². The van der Waals surface area contributed by atoms with Gasteiger partial charge in [-0.2, -0.15) is 5.48 Å². The molecule has 0 fully saturated rings. The second-order valence-corrected chi connectivity index (χ2v) is 0.914. The summed E-state index contributed by atoms with van der Waals surface area (Å²) in [5.74, 6) is 0. The molecule has 0 aromatic heterocycles. The topological polar surface area (TPSA) is 21.3 Å². The van der Waals surface area contributed by atoms with Crippen LogP contribution in [-0.2, 0) is 4.84 Å². The lowest BCUT2D eigenvalue weighted by Gasteiger charge is -1.90. The van der Waals surface area contributed by atoms with Crippen LogP contribution in [0.25, 0.3) is 0 Å². The summed E-state index contributed by atoms with van der Waals surface area (Å²) < 4.78 is 11.0. The Morgan fingerprint density at radius 3 is 3.00 bits per heavy atom. The van der Waals surface area contributed by atoms with Crippen LogP contribution >= 0.6 is 0 Å². The minimum absolute atomic E-state index is 0.410. The van der Waals surface area contributed by atoms with Crippen LogP contribution in [0.2, 0.25) is 0 Å². The number of halogens is 1. The average molecular weight is 105 g/mol. The van der Waals surface area contributed by atoms with Crippen LogP contribution < -0.4 is 5.48 Å². The van der Waals surface area contributed by atoms with E-state index >= 15 is 0 Å². The molecule has 0 aliphatic rings. The van der Waals surface area contributed by atoms with Gasteiger partial charge in [0.2, 0.25) is 0 Å². The van der Waals surface area contributed by atoms with E-state index in [9.17, 15) is 4.39 Å². The van der Waals surface area contributed by atoms with Crippen LogP contribution in [0.15, 0.2) is 12.4 Å². The zero-order valence-electron chi connectivity index (χ0n) is 4.15. The van der Waals surface area contributed by atoms with Crippen molar-refractivity contribution in [2.75, 3.05) is 13.7 Å². The lowest BCUT2D eigenvalue weighted by Crippen LogP contribution is -2.10.